The predicted octanol–water partition coefficient (Wildman–Crippen LogP) is 18.0. The molecule has 0 unspecified atom stereocenters. The zero-order valence-electron chi connectivity index (χ0n) is 47.4. The zero-order chi connectivity index (χ0) is 57.5. The fourth-order valence-electron chi connectivity index (χ4n) is 13.2. The molecule has 2 amide bonds. The number of hydrogen-bond acceptors (Lipinski definition) is 9. The van der Waals surface area contributed by atoms with Crippen LogP contribution in [0.25, 0.3) is 65.7 Å². The van der Waals surface area contributed by atoms with E-state index in [4.69, 9.17) is 29.9 Å². The van der Waals surface area contributed by atoms with Gasteiger partial charge in [0.2, 0.25) is 0 Å². The molecule has 14 rings (SSSR count). The van der Waals surface area contributed by atoms with E-state index in [1.54, 1.807) is 44.2 Å². The van der Waals surface area contributed by atoms with Gasteiger partial charge in [-0.2, -0.15) is 5.11 Å². The van der Waals surface area contributed by atoms with Crippen molar-refractivity contribution in [2.24, 2.45) is 20.5 Å². The average molecular weight is 1100 g/mol. The van der Waals surface area contributed by atoms with Crippen LogP contribution in [0.5, 0.6) is 11.5 Å². The van der Waals surface area contributed by atoms with Crippen LogP contribution in [-0.4, -0.2) is 45.9 Å². The van der Waals surface area contributed by atoms with E-state index in [-0.39, 0.29) is 17.6 Å². The van der Waals surface area contributed by atoms with Crippen LogP contribution in [0.1, 0.15) is 83.9 Å². The zero-order valence-corrected chi connectivity index (χ0v) is 47.4. The Hall–Kier alpha value is -10.4. The van der Waals surface area contributed by atoms with Gasteiger partial charge in [-0.3, -0.25) is 14.4 Å². The number of aryl methyl sites for hydroxylation is 2. The Morgan fingerprint density at radius 2 is 0.940 bits per heavy atom. The third-order valence-corrected chi connectivity index (χ3v) is 17.3. The molecule has 0 N–H and O–H groups in total. The number of methoxy groups -OCH3 is 2. The lowest BCUT2D eigenvalue weighted by Gasteiger charge is -2.23. The molecule has 11 aromatic carbocycles. The van der Waals surface area contributed by atoms with Crippen molar-refractivity contribution >= 4 is 84.0 Å². The molecule has 0 saturated heterocycles. The van der Waals surface area contributed by atoms with Crippen LogP contribution in [0.2, 0.25) is 0 Å². The second-order valence-electron chi connectivity index (χ2n) is 21.7. The fraction of sp³-hybridized carbons (Fsp3) is 0.137. The van der Waals surface area contributed by atoms with Gasteiger partial charge in [-0.15, -0.1) is 15.3 Å². The van der Waals surface area contributed by atoms with Crippen molar-refractivity contribution in [1.82, 2.24) is 0 Å². The highest BCUT2D eigenvalue weighted by molar-refractivity contribution is 6.27. The minimum atomic E-state index is -0.242. The summed E-state index contributed by atoms with van der Waals surface area (Å²) >= 11 is 0. The number of carbonyl (C=O) groups excluding carboxylic acids is 3. The van der Waals surface area contributed by atoms with Crippen molar-refractivity contribution in [3.8, 4) is 44.9 Å². The van der Waals surface area contributed by atoms with Gasteiger partial charge < -0.3 is 19.3 Å². The van der Waals surface area contributed by atoms with Gasteiger partial charge >= 0.3 is 0 Å². The lowest BCUT2D eigenvalue weighted by molar-refractivity contribution is 0.0982. The van der Waals surface area contributed by atoms with Crippen molar-refractivity contribution in [3.05, 3.63) is 238 Å². The molecule has 0 spiro atoms. The van der Waals surface area contributed by atoms with Gasteiger partial charge in [0.1, 0.15) is 11.4 Å². The second-order valence-corrected chi connectivity index (χ2v) is 21.7. The number of amides is 2. The van der Waals surface area contributed by atoms with E-state index >= 15 is 0 Å². The lowest BCUT2D eigenvalue weighted by atomic mass is 9.82. The highest BCUT2D eigenvalue weighted by atomic mass is 16.5. The van der Waals surface area contributed by atoms with Crippen LogP contribution in [0.3, 0.4) is 0 Å². The summed E-state index contributed by atoms with van der Waals surface area (Å²) in [4.78, 5) is 47.8. The fourth-order valence-corrected chi connectivity index (χ4v) is 13.2. The van der Waals surface area contributed by atoms with Crippen LogP contribution < -0.4 is 19.3 Å². The monoisotopic (exact) mass is 1100 g/mol. The summed E-state index contributed by atoms with van der Waals surface area (Å²) < 4.78 is 12.5. The lowest BCUT2D eigenvalue weighted by Crippen LogP contribution is -2.27. The minimum Gasteiger partial charge on any atom is -0.494 e. The predicted molar refractivity (Wildman–Crippen MR) is 336 cm³/mol. The van der Waals surface area contributed by atoms with Crippen molar-refractivity contribution in [2.45, 2.75) is 39.5 Å². The van der Waals surface area contributed by atoms with Crippen LogP contribution >= 0.6 is 0 Å². The molecular weight excluding hydrogens is 1040 g/mol. The summed E-state index contributed by atoms with van der Waals surface area (Å²) in [6.07, 6.45) is 2.87. The standard InChI is InChI=1S/C73H56N6O5/c1-7-41-18-11-15-26-62(41)78(3)72(81)59-38-45-28-31-50-48-22-13-9-20-43(48)36-56(50)64(45)67(70(59)83-5)76-74-47-30-33-52-53-34-35-61(54-24-17-25-55(66(53)54)69(80)58(52)40-47)75-77-68-65-46(29-32-51-49-23-14-10-21-44(49)37-57(51)65)39-60(71(68)84-6)73(82)79(4)63-27-16-12-19-42(63)8-2/h9-35,38-40H,7-8,36-37H2,1-6H3. The maximum atomic E-state index is 15.0. The number of ketones is 1. The third-order valence-electron chi connectivity index (χ3n) is 17.3. The Kier molecular flexibility index (Phi) is 12.7. The molecule has 408 valence electrons. The largest absolute Gasteiger partial charge is 0.494 e. The molecule has 3 aliphatic carbocycles. The highest BCUT2D eigenvalue weighted by Gasteiger charge is 2.32. The molecule has 0 saturated carbocycles. The van der Waals surface area contributed by atoms with Crippen LogP contribution in [0, 0.1) is 0 Å². The first-order valence-electron chi connectivity index (χ1n) is 28.4. The summed E-state index contributed by atoms with van der Waals surface area (Å²) in [5.41, 5.74) is 18.1. The third kappa shape index (κ3) is 8.13. The van der Waals surface area contributed by atoms with E-state index in [1.165, 1.54) is 11.1 Å². The van der Waals surface area contributed by atoms with Crippen LogP contribution in [0.4, 0.5) is 34.1 Å². The first-order valence-corrected chi connectivity index (χ1v) is 28.4. The number of azo groups is 2. The maximum Gasteiger partial charge on any atom is 0.261 e. The van der Waals surface area contributed by atoms with Gasteiger partial charge in [0.25, 0.3) is 11.8 Å². The van der Waals surface area contributed by atoms with Crippen LogP contribution in [-0.2, 0) is 25.7 Å². The molecule has 11 heteroatoms. The molecule has 0 atom stereocenters. The smallest absolute Gasteiger partial charge is 0.261 e. The summed E-state index contributed by atoms with van der Waals surface area (Å²) in [6.45, 7) is 4.15. The van der Waals surface area contributed by atoms with Crippen LogP contribution in [0.15, 0.2) is 202 Å². The quantitative estimate of drug-likeness (QED) is 0.113. The Balaban J connectivity index is 0.864. The molecule has 0 aromatic heterocycles. The van der Waals surface area contributed by atoms with Crippen molar-refractivity contribution in [2.75, 3.05) is 38.1 Å². The number of benzene rings is 11. The van der Waals surface area contributed by atoms with Gasteiger partial charge in [-0.05, 0) is 146 Å². The van der Waals surface area contributed by atoms with Crippen molar-refractivity contribution in [3.63, 3.8) is 0 Å². The van der Waals surface area contributed by atoms with Gasteiger partial charge in [-0.1, -0.05) is 153 Å². The molecule has 0 heterocycles. The average Bonchev–Trinajstić information content (AvgIpc) is 3.02. The number of rotatable bonds is 12. The molecule has 3 aliphatic rings. The summed E-state index contributed by atoms with van der Waals surface area (Å²) in [5.74, 6) is -0.0105. The Morgan fingerprint density at radius 1 is 0.452 bits per heavy atom. The van der Waals surface area contributed by atoms with Crippen molar-refractivity contribution < 1.29 is 23.9 Å². The normalized spacial score (nSPS) is 12.7. The van der Waals surface area contributed by atoms with E-state index < -0.39 is 0 Å². The second kappa shape index (κ2) is 20.5. The number of hydrogen-bond donors (Lipinski definition) is 0. The first kappa shape index (κ1) is 51.7. The Labute approximate surface area is 486 Å². The SMILES string of the molecule is CCc1ccccc1N(C)C(=O)c1cc2ccc3c(c2c(N=Nc2ccc4c(c2)C(=O)c2cccc5c(N=Nc6c(OC)c(C(=O)N(C)c7ccccc7CC)cc7ccc8c(c67)Cc6ccccc6-8)ccc-4c25)c1OC)Cc1ccccc1-3. The minimum absolute atomic E-state index is 0.168. The van der Waals surface area contributed by atoms with Crippen molar-refractivity contribution in [1.29, 1.82) is 0 Å². The Morgan fingerprint density at radius 3 is 1.49 bits per heavy atom. The molecule has 84 heavy (non-hydrogen) atoms. The van der Waals surface area contributed by atoms with E-state index in [9.17, 15) is 14.4 Å². The molecule has 11 nitrogen and oxygen atoms in total. The van der Waals surface area contributed by atoms with E-state index in [0.29, 0.717) is 69.3 Å². The molecule has 0 aliphatic heterocycles. The van der Waals surface area contributed by atoms with E-state index in [0.717, 1.165) is 112 Å². The molecular formula is C73H56N6O5. The van der Waals surface area contributed by atoms with Gasteiger partial charge in [-0.25, -0.2) is 0 Å². The summed E-state index contributed by atoms with van der Waals surface area (Å²) in [6, 6.07) is 60.0. The number of fused-ring (bicyclic) bond motifs is 12. The number of nitrogens with zero attached hydrogens (tertiary/aromatic N) is 6. The number of carbonyl (C=O) groups is 3. The van der Waals surface area contributed by atoms with Gasteiger partial charge in [0.05, 0.1) is 36.7 Å². The number of para-hydroxylation sites is 2. The molecule has 0 radical (unpaired) electrons. The first-order chi connectivity index (χ1) is 41.1. The summed E-state index contributed by atoms with van der Waals surface area (Å²) in [5, 5.41) is 24.9. The Bertz CT molecular complexity index is 4730. The number of ether oxygens (including phenoxy) is 2. The van der Waals surface area contributed by atoms with Gasteiger partial charge in [0.15, 0.2) is 17.3 Å². The van der Waals surface area contributed by atoms with Gasteiger partial charge in [0, 0.05) is 58.1 Å². The molecule has 0 fully saturated rings. The molecule has 11 aromatic rings. The summed E-state index contributed by atoms with van der Waals surface area (Å²) in [7, 11) is 6.72. The maximum absolute atomic E-state index is 15.0. The topological polar surface area (TPSA) is 126 Å². The number of anilines is 2. The highest BCUT2D eigenvalue weighted by Crippen LogP contribution is 2.52. The molecule has 0 bridgehead atoms. The van der Waals surface area contributed by atoms with E-state index in [2.05, 4.69) is 74.5 Å². The van der Waals surface area contributed by atoms with E-state index in [1.807, 2.05) is 115 Å².